The van der Waals surface area contributed by atoms with Crippen LogP contribution in [0.2, 0.25) is 0 Å². The van der Waals surface area contributed by atoms with E-state index < -0.39 is 5.91 Å². The standard InChI is InChI=1S/C26H25N3O5/c1-34-25-23(26(32)29-33)21-13-27-11-10-22(21)28-24(25)20-8-6-19(7-9-20)18-4-2-16(3-5-18)12-17(14-30)15-31/h2-11,13,17,30-31,33H,12,14-15H2,1H3,(H,29,32). The van der Waals surface area contributed by atoms with E-state index in [4.69, 9.17) is 4.74 Å². The number of pyridine rings is 2. The second-order valence-electron chi connectivity index (χ2n) is 7.91. The normalized spacial score (nSPS) is 11.1. The minimum absolute atomic E-state index is 0.0514. The Labute approximate surface area is 196 Å². The van der Waals surface area contributed by atoms with Crippen LogP contribution < -0.4 is 10.2 Å². The average molecular weight is 460 g/mol. The molecule has 2 aromatic heterocycles. The highest BCUT2D eigenvalue weighted by Gasteiger charge is 2.22. The number of benzene rings is 2. The maximum Gasteiger partial charge on any atom is 0.279 e. The molecule has 0 bridgehead atoms. The minimum atomic E-state index is -0.708. The molecule has 0 aliphatic heterocycles. The number of aliphatic hydroxyl groups excluding tert-OH is 2. The van der Waals surface area contributed by atoms with Crippen molar-refractivity contribution in [1.82, 2.24) is 15.4 Å². The maximum absolute atomic E-state index is 12.4. The first-order valence-electron chi connectivity index (χ1n) is 10.8. The predicted molar refractivity (Wildman–Crippen MR) is 128 cm³/mol. The van der Waals surface area contributed by atoms with Gasteiger partial charge in [0.15, 0.2) is 5.75 Å². The Kier molecular flexibility index (Phi) is 7.12. The number of hydrogen-bond acceptors (Lipinski definition) is 7. The fourth-order valence-electron chi connectivity index (χ4n) is 3.94. The Balaban J connectivity index is 1.69. The molecule has 4 rings (SSSR count). The summed E-state index contributed by atoms with van der Waals surface area (Å²) in [6.07, 6.45) is 3.70. The first-order valence-corrected chi connectivity index (χ1v) is 10.8. The van der Waals surface area contributed by atoms with Crippen LogP contribution in [0.5, 0.6) is 5.75 Å². The average Bonchev–Trinajstić information content (AvgIpc) is 2.90. The molecule has 174 valence electrons. The highest BCUT2D eigenvalue weighted by Crippen LogP contribution is 2.36. The molecule has 0 fully saturated rings. The number of nitrogens with one attached hydrogen (secondary N) is 1. The molecule has 2 aromatic carbocycles. The molecule has 8 nitrogen and oxygen atoms in total. The van der Waals surface area contributed by atoms with Crippen LogP contribution in [0.3, 0.4) is 0 Å². The van der Waals surface area contributed by atoms with Gasteiger partial charge in [-0.1, -0.05) is 48.5 Å². The number of amides is 1. The largest absolute Gasteiger partial charge is 0.494 e. The smallest absolute Gasteiger partial charge is 0.279 e. The summed E-state index contributed by atoms with van der Waals surface area (Å²) >= 11 is 0. The summed E-state index contributed by atoms with van der Waals surface area (Å²) in [5, 5.41) is 28.3. The third-order valence-electron chi connectivity index (χ3n) is 5.76. The van der Waals surface area contributed by atoms with E-state index in [0.717, 1.165) is 22.3 Å². The van der Waals surface area contributed by atoms with E-state index in [1.165, 1.54) is 13.3 Å². The number of rotatable bonds is 8. The van der Waals surface area contributed by atoms with Gasteiger partial charge in [0.2, 0.25) is 0 Å². The monoisotopic (exact) mass is 459 g/mol. The lowest BCUT2D eigenvalue weighted by Crippen LogP contribution is -2.20. The summed E-state index contributed by atoms with van der Waals surface area (Å²) in [5.74, 6) is -0.630. The number of nitrogens with zero attached hydrogens (tertiary/aromatic N) is 2. The Morgan fingerprint density at radius 2 is 1.59 bits per heavy atom. The van der Waals surface area contributed by atoms with Gasteiger partial charge in [0.05, 0.1) is 18.2 Å². The lowest BCUT2D eigenvalue weighted by atomic mass is 9.97. The fraction of sp³-hybridized carbons (Fsp3) is 0.192. The number of aromatic nitrogens is 2. The Hall–Kier alpha value is -3.85. The van der Waals surface area contributed by atoms with Crippen molar-refractivity contribution in [3.05, 3.63) is 78.1 Å². The lowest BCUT2D eigenvalue weighted by molar-refractivity contribution is 0.0705. The number of hydroxylamine groups is 1. The highest BCUT2D eigenvalue weighted by atomic mass is 16.5. The van der Waals surface area contributed by atoms with Crippen LogP contribution in [0.15, 0.2) is 67.0 Å². The van der Waals surface area contributed by atoms with E-state index in [1.54, 1.807) is 17.7 Å². The molecule has 0 aliphatic rings. The molecule has 0 unspecified atom stereocenters. The predicted octanol–water partition coefficient (Wildman–Crippen LogP) is 3.23. The second kappa shape index (κ2) is 10.4. The van der Waals surface area contributed by atoms with Gasteiger partial charge in [-0.15, -0.1) is 0 Å². The van der Waals surface area contributed by atoms with Crippen molar-refractivity contribution < 1.29 is 25.0 Å². The van der Waals surface area contributed by atoms with Crippen molar-refractivity contribution in [3.8, 4) is 28.1 Å². The van der Waals surface area contributed by atoms with Crippen LogP contribution in [-0.4, -0.2) is 51.6 Å². The summed E-state index contributed by atoms with van der Waals surface area (Å²) in [7, 11) is 1.45. The van der Waals surface area contributed by atoms with E-state index >= 15 is 0 Å². The fourth-order valence-corrected chi connectivity index (χ4v) is 3.94. The minimum Gasteiger partial charge on any atom is -0.494 e. The molecule has 0 atom stereocenters. The summed E-state index contributed by atoms with van der Waals surface area (Å²) in [6, 6.07) is 17.4. The van der Waals surface area contributed by atoms with Crippen LogP contribution in [-0.2, 0) is 6.42 Å². The quantitative estimate of drug-likeness (QED) is 0.235. The maximum atomic E-state index is 12.4. The summed E-state index contributed by atoms with van der Waals surface area (Å²) < 4.78 is 5.54. The van der Waals surface area contributed by atoms with Gasteiger partial charge >= 0.3 is 0 Å². The number of ether oxygens (including phenoxy) is 1. The summed E-state index contributed by atoms with van der Waals surface area (Å²) in [6.45, 7) is -0.103. The van der Waals surface area contributed by atoms with Gasteiger partial charge in [0.1, 0.15) is 5.69 Å². The van der Waals surface area contributed by atoms with Crippen LogP contribution in [0.1, 0.15) is 15.9 Å². The van der Waals surface area contributed by atoms with E-state index in [2.05, 4.69) is 9.97 Å². The van der Waals surface area contributed by atoms with Crippen molar-refractivity contribution in [3.63, 3.8) is 0 Å². The first-order chi connectivity index (χ1) is 16.6. The van der Waals surface area contributed by atoms with E-state index in [0.29, 0.717) is 23.0 Å². The molecular weight excluding hydrogens is 434 g/mol. The zero-order valence-corrected chi connectivity index (χ0v) is 18.6. The third kappa shape index (κ3) is 4.60. The van der Waals surface area contributed by atoms with E-state index in [-0.39, 0.29) is 30.4 Å². The number of carbonyl (C=O) groups excluding carboxylic acids is 1. The van der Waals surface area contributed by atoms with Crippen molar-refractivity contribution >= 4 is 16.8 Å². The van der Waals surface area contributed by atoms with Crippen LogP contribution >= 0.6 is 0 Å². The van der Waals surface area contributed by atoms with Gasteiger partial charge in [-0.3, -0.25) is 15.0 Å². The number of carbonyl (C=O) groups is 1. The van der Waals surface area contributed by atoms with Gasteiger partial charge in [0, 0.05) is 42.5 Å². The van der Waals surface area contributed by atoms with Crippen molar-refractivity contribution in [2.24, 2.45) is 5.92 Å². The van der Waals surface area contributed by atoms with Crippen molar-refractivity contribution in [1.29, 1.82) is 0 Å². The number of methoxy groups -OCH3 is 1. The van der Waals surface area contributed by atoms with Crippen LogP contribution in [0.25, 0.3) is 33.3 Å². The van der Waals surface area contributed by atoms with Gasteiger partial charge in [-0.05, 0) is 29.2 Å². The lowest BCUT2D eigenvalue weighted by Gasteiger charge is -2.15. The number of fused-ring (bicyclic) bond motifs is 1. The zero-order chi connectivity index (χ0) is 24.1. The van der Waals surface area contributed by atoms with Gasteiger partial charge < -0.3 is 14.9 Å². The summed E-state index contributed by atoms with van der Waals surface area (Å²) in [5.41, 5.74) is 6.66. The molecule has 0 saturated heterocycles. The molecule has 34 heavy (non-hydrogen) atoms. The Bertz CT molecular complexity index is 1290. The number of aliphatic hydroxyl groups is 2. The van der Waals surface area contributed by atoms with Crippen molar-refractivity contribution in [2.45, 2.75) is 6.42 Å². The van der Waals surface area contributed by atoms with Gasteiger partial charge in [0.25, 0.3) is 5.91 Å². The molecule has 0 saturated carbocycles. The highest BCUT2D eigenvalue weighted by molar-refractivity contribution is 6.09. The molecule has 4 N–H and O–H groups in total. The van der Waals surface area contributed by atoms with Crippen LogP contribution in [0, 0.1) is 5.92 Å². The molecule has 4 aromatic rings. The molecule has 0 aliphatic carbocycles. The van der Waals surface area contributed by atoms with E-state index in [1.807, 2.05) is 48.5 Å². The molecular formula is C26H25N3O5. The second-order valence-corrected chi connectivity index (χ2v) is 7.91. The molecule has 8 heteroatoms. The van der Waals surface area contributed by atoms with Crippen LogP contribution in [0.4, 0.5) is 0 Å². The Morgan fingerprint density at radius 1 is 0.971 bits per heavy atom. The van der Waals surface area contributed by atoms with Gasteiger partial charge in [-0.25, -0.2) is 10.5 Å². The first kappa shape index (κ1) is 23.3. The molecule has 1 amide bonds. The zero-order valence-electron chi connectivity index (χ0n) is 18.6. The topological polar surface area (TPSA) is 125 Å². The molecule has 2 heterocycles. The Morgan fingerprint density at radius 3 is 2.18 bits per heavy atom. The van der Waals surface area contributed by atoms with Gasteiger partial charge in [-0.2, -0.15) is 0 Å². The SMILES string of the molecule is COc1c(-c2ccc(-c3ccc(CC(CO)CO)cc3)cc2)nc2ccncc2c1C(=O)NO. The summed E-state index contributed by atoms with van der Waals surface area (Å²) in [4.78, 5) is 21.2. The molecule has 0 spiro atoms. The van der Waals surface area contributed by atoms with Crippen molar-refractivity contribution in [2.75, 3.05) is 20.3 Å². The third-order valence-corrected chi connectivity index (χ3v) is 5.76. The van der Waals surface area contributed by atoms with E-state index in [9.17, 15) is 20.2 Å². The number of hydrogen-bond donors (Lipinski definition) is 4. The molecule has 0 radical (unpaired) electrons.